The highest BCUT2D eigenvalue weighted by molar-refractivity contribution is 9.10. The van der Waals surface area contributed by atoms with Gasteiger partial charge in [-0.15, -0.1) is 0 Å². The SMILES string of the molecule is CC(C)COC(=O)c1cccc(OC(=O)COc2ccc(Cl)cc2Br)c1. The third-order valence-corrected chi connectivity index (χ3v) is 3.94. The molecule has 138 valence electrons. The molecule has 26 heavy (non-hydrogen) atoms. The molecule has 0 N–H and O–H groups in total. The fourth-order valence-corrected chi connectivity index (χ4v) is 2.70. The molecule has 0 bridgehead atoms. The van der Waals surface area contributed by atoms with E-state index >= 15 is 0 Å². The number of esters is 2. The lowest BCUT2D eigenvalue weighted by atomic mass is 10.2. The Morgan fingerprint density at radius 1 is 1.15 bits per heavy atom. The molecular weight excluding hydrogens is 424 g/mol. The van der Waals surface area contributed by atoms with Crippen molar-refractivity contribution in [2.45, 2.75) is 13.8 Å². The van der Waals surface area contributed by atoms with Crippen molar-refractivity contribution in [1.82, 2.24) is 0 Å². The molecule has 0 unspecified atom stereocenters. The van der Waals surface area contributed by atoms with Gasteiger partial charge in [0.25, 0.3) is 0 Å². The number of halogens is 2. The van der Waals surface area contributed by atoms with Crippen LogP contribution in [0.5, 0.6) is 11.5 Å². The molecule has 7 heteroatoms. The summed E-state index contributed by atoms with van der Waals surface area (Å²) in [4.78, 5) is 23.9. The fraction of sp³-hybridized carbons (Fsp3) is 0.263. The Labute approximate surface area is 165 Å². The predicted molar refractivity (Wildman–Crippen MR) is 102 cm³/mol. The number of benzene rings is 2. The van der Waals surface area contributed by atoms with E-state index in [9.17, 15) is 9.59 Å². The number of hydrogen-bond donors (Lipinski definition) is 0. The number of carbonyl (C=O) groups excluding carboxylic acids is 2. The first-order valence-corrected chi connectivity index (χ1v) is 9.08. The lowest BCUT2D eigenvalue weighted by molar-refractivity contribution is -0.136. The zero-order valence-corrected chi connectivity index (χ0v) is 16.7. The predicted octanol–water partition coefficient (Wildman–Crippen LogP) is 4.90. The van der Waals surface area contributed by atoms with Gasteiger partial charge in [-0.2, -0.15) is 0 Å². The maximum Gasteiger partial charge on any atom is 0.349 e. The van der Waals surface area contributed by atoms with E-state index in [1.165, 1.54) is 6.07 Å². The van der Waals surface area contributed by atoms with E-state index in [1.807, 2.05) is 13.8 Å². The molecule has 0 saturated heterocycles. The Kier molecular flexibility index (Phi) is 7.48. The molecule has 0 spiro atoms. The lowest BCUT2D eigenvalue weighted by Gasteiger charge is -2.10. The summed E-state index contributed by atoms with van der Waals surface area (Å²) in [6, 6.07) is 11.2. The fourth-order valence-electron chi connectivity index (χ4n) is 1.90. The summed E-state index contributed by atoms with van der Waals surface area (Å²) in [6.45, 7) is 3.93. The second-order valence-electron chi connectivity index (χ2n) is 5.86. The third-order valence-electron chi connectivity index (χ3n) is 3.09. The molecular formula is C19H18BrClO5. The average molecular weight is 442 g/mol. The van der Waals surface area contributed by atoms with Crippen molar-refractivity contribution in [3.63, 3.8) is 0 Å². The summed E-state index contributed by atoms with van der Waals surface area (Å²) in [5.74, 6) is -0.105. The van der Waals surface area contributed by atoms with Gasteiger partial charge in [0.15, 0.2) is 6.61 Å². The number of ether oxygens (including phenoxy) is 3. The Balaban J connectivity index is 1.92. The van der Waals surface area contributed by atoms with Crippen molar-refractivity contribution >= 4 is 39.5 Å². The van der Waals surface area contributed by atoms with Crippen molar-refractivity contribution < 1.29 is 23.8 Å². The van der Waals surface area contributed by atoms with Crippen LogP contribution in [0.4, 0.5) is 0 Å². The Morgan fingerprint density at radius 2 is 1.92 bits per heavy atom. The summed E-state index contributed by atoms with van der Waals surface area (Å²) in [5.41, 5.74) is 0.317. The number of carbonyl (C=O) groups is 2. The highest BCUT2D eigenvalue weighted by Crippen LogP contribution is 2.28. The van der Waals surface area contributed by atoms with Gasteiger partial charge >= 0.3 is 11.9 Å². The highest BCUT2D eigenvalue weighted by Gasteiger charge is 2.12. The monoisotopic (exact) mass is 440 g/mol. The number of rotatable bonds is 7. The topological polar surface area (TPSA) is 61.8 Å². The molecule has 0 radical (unpaired) electrons. The molecule has 2 aromatic rings. The van der Waals surface area contributed by atoms with Crippen LogP contribution in [0.15, 0.2) is 46.9 Å². The van der Waals surface area contributed by atoms with Crippen LogP contribution >= 0.6 is 27.5 Å². The van der Waals surface area contributed by atoms with Crippen molar-refractivity contribution in [2.24, 2.45) is 5.92 Å². The van der Waals surface area contributed by atoms with E-state index in [-0.39, 0.29) is 18.3 Å². The molecule has 0 aliphatic rings. The smallest absolute Gasteiger partial charge is 0.349 e. The minimum atomic E-state index is -0.598. The van der Waals surface area contributed by atoms with E-state index in [2.05, 4.69) is 15.9 Å². The molecule has 0 fully saturated rings. The molecule has 0 aromatic heterocycles. The zero-order chi connectivity index (χ0) is 19.1. The maximum atomic E-state index is 12.0. The minimum absolute atomic E-state index is 0.240. The van der Waals surface area contributed by atoms with Gasteiger partial charge in [-0.1, -0.05) is 31.5 Å². The molecule has 0 amide bonds. The molecule has 0 atom stereocenters. The second kappa shape index (κ2) is 9.59. The molecule has 0 aliphatic carbocycles. The van der Waals surface area contributed by atoms with E-state index < -0.39 is 11.9 Å². The highest BCUT2D eigenvalue weighted by atomic mass is 79.9. The van der Waals surface area contributed by atoms with Crippen molar-refractivity contribution in [2.75, 3.05) is 13.2 Å². The molecule has 5 nitrogen and oxygen atoms in total. The van der Waals surface area contributed by atoms with Gasteiger partial charge in [-0.05, 0) is 58.2 Å². The summed E-state index contributed by atoms with van der Waals surface area (Å²) < 4.78 is 16.4. The van der Waals surface area contributed by atoms with Crippen LogP contribution in [0.25, 0.3) is 0 Å². The second-order valence-corrected chi connectivity index (χ2v) is 7.15. The Hall–Kier alpha value is -2.05. The first-order chi connectivity index (χ1) is 12.3. The molecule has 0 heterocycles. The molecule has 0 aliphatic heterocycles. The quantitative estimate of drug-likeness (QED) is 0.452. The normalized spacial score (nSPS) is 10.5. The van der Waals surface area contributed by atoms with Crippen LogP contribution in [0.1, 0.15) is 24.2 Å². The van der Waals surface area contributed by atoms with E-state index in [1.54, 1.807) is 36.4 Å². The lowest BCUT2D eigenvalue weighted by Crippen LogP contribution is -2.18. The van der Waals surface area contributed by atoms with Crippen molar-refractivity contribution in [1.29, 1.82) is 0 Å². The van der Waals surface area contributed by atoms with E-state index in [0.29, 0.717) is 27.4 Å². The van der Waals surface area contributed by atoms with Crippen LogP contribution in [-0.2, 0) is 9.53 Å². The zero-order valence-electron chi connectivity index (χ0n) is 14.3. The van der Waals surface area contributed by atoms with Gasteiger partial charge in [-0.25, -0.2) is 9.59 Å². The van der Waals surface area contributed by atoms with Gasteiger partial charge in [0.05, 0.1) is 16.6 Å². The van der Waals surface area contributed by atoms with Crippen molar-refractivity contribution in [3.8, 4) is 11.5 Å². The van der Waals surface area contributed by atoms with E-state index in [4.69, 9.17) is 25.8 Å². The van der Waals surface area contributed by atoms with E-state index in [0.717, 1.165) is 0 Å². The van der Waals surface area contributed by atoms with Gasteiger partial charge in [-0.3, -0.25) is 0 Å². The Bertz CT molecular complexity index is 791. The minimum Gasteiger partial charge on any atom is -0.481 e. The Morgan fingerprint density at radius 3 is 2.62 bits per heavy atom. The van der Waals surface area contributed by atoms with Gasteiger partial charge in [0.2, 0.25) is 0 Å². The largest absolute Gasteiger partial charge is 0.481 e. The van der Waals surface area contributed by atoms with Crippen LogP contribution in [-0.4, -0.2) is 25.2 Å². The average Bonchev–Trinajstić information content (AvgIpc) is 2.59. The first kappa shape index (κ1) is 20.3. The first-order valence-electron chi connectivity index (χ1n) is 7.91. The molecule has 2 aromatic carbocycles. The third kappa shape index (κ3) is 6.35. The van der Waals surface area contributed by atoms with Gasteiger partial charge < -0.3 is 14.2 Å². The molecule has 2 rings (SSSR count). The van der Waals surface area contributed by atoms with Crippen LogP contribution in [0.3, 0.4) is 0 Å². The van der Waals surface area contributed by atoms with Crippen LogP contribution in [0.2, 0.25) is 5.02 Å². The summed E-state index contributed by atoms with van der Waals surface area (Å²) in [5, 5.41) is 0.549. The maximum absolute atomic E-state index is 12.0. The standard InChI is InChI=1S/C19H18BrClO5/c1-12(2)10-25-19(23)13-4-3-5-15(8-13)26-18(22)11-24-17-7-6-14(21)9-16(17)20/h3-9,12H,10-11H2,1-2H3. The summed E-state index contributed by atoms with van der Waals surface area (Å²) >= 11 is 9.15. The summed E-state index contributed by atoms with van der Waals surface area (Å²) in [6.07, 6.45) is 0. The van der Waals surface area contributed by atoms with Crippen LogP contribution in [0, 0.1) is 5.92 Å². The summed E-state index contributed by atoms with van der Waals surface area (Å²) in [7, 11) is 0. The van der Waals surface area contributed by atoms with Gasteiger partial charge in [0.1, 0.15) is 11.5 Å². The molecule has 0 saturated carbocycles. The van der Waals surface area contributed by atoms with Crippen molar-refractivity contribution in [3.05, 3.63) is 57.5 Å². The van der Waals surface area contributed by atoms with Crippen LogP contribution < -0.4 is 9.47 Å². The van der Waals surface area contributed by atoms with Gasteiger partial charge in [0, 0.05) is 5.02 Å². The number of hydrogen-bond acceptors (Lipinski definition) is 5.